The van der Waals surface area contributed by atoms with Crippen molar-refractivity contribution in [1.29, 1.82) is 0 Å². The van der Waals surface area contributed by atoms with Gasteiger partial charge in [0.05, 0.1) is 17.8 Å². The van der Waals surface area contributed by atoms with Crippen LogP contribution in [0.25, 0.3) is 0 Å². The summed E-state index contributed by atoms with van der Waals surface area (Å²) in [6, 6.07) is 12.6. The van der Waals surface area contributed by atoms with Gasteiger partial charge in [-0.15, -0.1) is 0 Å². The minimum absolute atomic E-state index is 0.235. The molecule has 0 radical (unpaired) electrons. The van der Waals surface area contributed by atoms with Gasteiger partial charge < -0.3 is 19.9 Å². The molecule has 34 heavy (non-hydrogen) atoms. The van der Waals surface area contributed by atoms with Gasteiger partial charge >= 0.3 is 6.03 Å². The first-order valence-electron chi connectivity index (χ1n) is 11.4. The van der Waals surface area contributed by atoms with Crippen LogP contribution < -0.4 is 15.0 Å². The summed E-state index contributed by atoms with van der Waals surface area (Å²) >= 11 is 6.04. The molecule has 0 atom stereocenters. The second kappa shape index (κ2) is 9.85. The molecule has 0 bridgehead atoms. The van der Waals surface area contributed by atoms with Crippen LogP contribution in [0.15, 0.2) is 48.5 Å². The van der Waals surface area contributed by atoms with Gasteiger partial charge in [-0.3, -0.25) is 0 Å². The van der Waals surface area contributed by atoms with E-state index in [1.807, 2.05) is 0 Å². The van der Waals surface area contributed by atoms with Crippen LogP contribution >= 0.6 is 11.6 Å². The van der Waals surface area contributed by atoms with Crippen LogP contribution in [0.2, 0.25) is 5.02 Å². The molecule has 1 saturated heterocycles. The summed E-state index contributed by atoms with van der Waals surface area (Å²) in [6.45, 7) is 2.64. The quantitative estimate of drug-likeness (QED) is 0.522. The number of urea groups is 1. The number of carbonyl (C=O) groups is 1. The predicted molar refractivity (Wildman–Crippen MR) is 129 cm³/mol. The number of piperidine rings is 1. The third-order valence-corrected chi connectivity index (χ3v) is 6.28. The smallest absolute Gasteiger partial charge is 0.322 e. The molecule has 0 saturated carbocycles. The molecular weight excluding hydrogens is 457 g/mol. The number of hydrogen-bond acceptors (Lipinski definition) is 5. The first kappa shape index (κ1) is 22.4. The number of ether oxygens (including phenoxy) is 1. The Hall–Kier alpha value is -3.39. The van der Waals surface area contributed by atoms with Crippen LogP contribution in [0.5, 0.6) is 11.6 Å². The van der Waals surface area contributed by atoms with E-state index in [1.165, 1.54) is 18.6 Å². The van der Waals surface area contributed by atoms with Crippen molar-refractivity contribution in [2.75, 3.05) is 29.9 Å². The van der Waals surface area contributed by atoms with Crippen LogP contribution in [-0.4, -0.2) is 40.5 Å². The van der Waals surface area contributed by atoms with Crippen LogP contribution in [0, 0.1) is 5.82 Å². The fourth-order valence-corrected chi connectivity index (χ4v) is 4.44. The minimum atomic E-state index is -0.338. The fraction of sp³-hybridized carbons (Fsp3) is 0.320. The number of halogens is 2. The molecule has 3 heterocycles. The Balaban J connectivity index is 1.42. The number of carbonyl (C=O) groups excluding carboxylic acids is 1. The van der Waals surface area contributed by atoms with Gasteiger partial charge in [-0.2, -0.15) is 4.98 Å². The summed E-state index contributed by atoms with van der Waals surface area (Å²) < 4.78 is 19.5. The normalized spacial score (nSPS) is 15.6. The molecule has 0 aliphatic carbocycles. The average molecular weight is 482 g/mol. The molecule has 1 aromatic heterocycles. The van der Waals surface area contributed by atoms with Gasteiger partial charge in [0.2, 0.25) is 11.8 Å². The number of hydrogen-bond donors (Lipinski definition) is 1. The Morgan fingerprint density at radius 3 is 2.59 bits per heavy atom. The van der Waals surface area contributed by atoms with Crippen LogP contribution in [-0.2, 0) is 13.0 Å². The molecule has 5 rings (SSSR count). The summed E-state index contributed by atoms with van der Waals surface area (Å²) in [4.78, 5) is 26.4. The molecule has 0 unspecified atom stereocenters. The molecule has 3 aromatic rings. The standard InChI is InChI=1S/C25H25ClFN5O2/c26-17-5-4-6-19(15-17)28-25(33)32-14-11-22-21(16-32)23(34-20-9-7-18(27)8-10-20)30-24(29-22)31-12-2-1-3-13-31/h4-10,15H,1-3,11-14,16H2,(H,28,33). The Bertz CT molecular complexity index is 1180. The zero-order valence-electron chi connectivity index (χ0n) is 18.6. The van der Waals surface area contributed by atoms with Crippen LogP contribution in [0.3, 0.4) is 0 Å². The van der Waals surface area contributed by atoms with Crippen LogP contribution in [0.4, 0.5) is 20.8 Å². The second-order valence-corrected chi connectivity index (χ2v) is 8.91. The van der Waals surface area contributed by atoms with Crippen molar-refractivity contribution in [1.82, 2.24) is 14.9 Å². The maximum Gasteiger partial charge on any atom is 0.322 e. The summed E-state index contributed by atoms with van der Waals surface area (Å²) in [7, 11) is 0. The lowest BCUT2D eigenvalue weighted by atomic mass is 10.1. The van der Waals surface area contributed by atoms with Crippen molar-refractivity contribution in [3.05, 3.63) is 70.6 Å². The topological polar surface area (TPSA) is 70.6 Å². The lowest BCUT2D eigenvalue weighted by molar-refractivity contribution is 0.205. The zero-order valence-corrected chi connectivity index (χ0v) is 19.4. The number of amides is 2. The van der Waals surface area contributed by atoms with Crippen molar-refractivity contribution < 1.29 is 13.9 Å². The summed E-state index contributed by atoms with van der Waals surface area (Å²) in [5.74, 6) is 1.19. The van der Waals surface area contributed by atoms with E-state index in [4.69, 9.17) is 26.3 Å². The third-order valence-electron chi connectivity index (χ3n) is 6.04. The predicted octanol–water partition coefficient (Wildman–Crippen LogP) is 5.64. The number of aromatic nitrogens is 2. The molecule has 9 heteroatoms. The number of benzene rings is 2. The van der Waals surface area contributed by atoms with E-state index >= 15 is 0 Å². The molecule has 2 aromatic carbocycles. The molecule has 2 aliphatic heterocycles. The maximum absolute atomic E-state index is 13.4. The molecule has 2 amide bonds. The summed E-state index contributed by atoms with van der Waals surface area (Å²) in [6.07, 6.45) is 4.00. The SMILES string of the molecule is O=C(Nc1cccc(Cl)c1)N1CCc2nc(N3CCCCC3)nc(Oc3ccc(F)cc3)c2C1. The number of anilines is 2. The lowest BCUT2D eigenvalue weighted by Crippen LogP contribution is -2.40. The van der Waals surface area contributed by atoms with Crippen molar-refractivity contribution in [2.24, 2.45) is 0 Å². The number of rotatable bonds is 4. The number of nitrogens with zero attached hydrogens (tertiary/aromatic N) is 4. The Morgan fingerprint density at radius 1 is 1.03 bits per heavy atom. The van der Waals surface area contributed by atoms with Crippen molar-refractivity contribution in [3.8, 4) is 11.6 Å². The monoisotopic (exact) mass is 481 g/mol. The van der Waals surface area contributed by atoms with Gasteiger partial charge in [-0.25, -0.2) is 14.2 Å². The highest BCUT2D eigenvalue weighted by Gasteiger charge is 2.28. The van der Waals surface area contributed by atoms with E-state index in [9.17, 15) is 9.18 Å². The Kier molecular flexibility index (Phi) is 6.49. The van der Waals surface area contributed by atoms with Crippen molar-refractivity contribution in [2.45, 2.75) is 32.2 Å². The van der Waals surface area contributed by atoms with E-state index in [0.29, 0.717) is 47.8 Å². The van der Waals surface area contributed by atoms with Crippen molar-refractivity contribution in [3.63, 3.8) is 0 Å². The van der Waals surface area contributed by atoms with Gasteiger partial charge in [0.1, 0.15) is 11.6 Å². The minimum Gasteiger partial charge on any atom is -0.438 e. The zero-order chi connectivity index (χ0) is 23.5. The van der Waals surface area contributed by atoms with E-state index in [2.05, 4.69) is 10.2 Å². The Morgan fingerprint density at radius 2 is 1.82 bits per heavy atom. The molecule has 176 valence electrons. The molecule has 2 aliphatic rings. The highest BCUT2D eigenvalue weighted by molar-refractivity contribution is 6.30. The highest BCUT2D eigenvalue weighted by Crippen LogP contribution is 2.32. The third kappa shape index (κ3) is 5.07. The van der Waals surface area contributed by atoms with Gasteiger partial charge in [-0.05, 0) is 61.7 Å². The van der Waals surface area contributed by atoms with Gasteiger partial charge in [0, 0.05) is 36.8 Å². The second-order valence-electron chi connectivity index (χ2n) is 8.47. The molecule has 1 N–H and O–H groups in total. The Labute approximate surface area is 202 Å². The molecule has 0 spiro atoms. The first-order chi connectivity index (χ1) is 16.5. The molecule has 1 fully saturated rings. The van der Waals surface area contributed by atoms with E-state index in [-0.39, 0.29) is 11.8 Å². The van der Waals surface area contributed by atoms with Gasteiger partial charge in [0.15, 0.2) is 0 Å². The highest BCUT2D eigenvalue weighted by atomic mass is 35.5. The molecular formula is C25H25ClFN5O2. The number of nitrogens with one attached hydrogen (secondary N) is 1. The summed E-state index contributed by atoms with van der Waals surface area (Å²) in [5.41, 5.74) is 2.26. The van der Waals surface area contributed by atoms with E-state index in [0.717, 1.165) is 37.2 Å². The van der Waals surface area contributed by atoms with Crippen LogP contribution in [0.1, 0.15) is 30.5 Å². The maximum atomic E-state index is 13.4. The summed E-state index contributed by atoms with van der Waals surface area (Å²) in [5, 5.41) is 3.44. The largest absolute Gasteiger partial charge is 0.438 e. The van der Waals surface area contributed by atoms with Gasteiger partial charge in [0.25, 0.3) is 0 Å². The molecule has 7 nitrogen and oxygen atoms in total. The first-order valence-corrected chi connectivity index (χ1v) is 11.8. The average Bonchev–Trinajstić information content (AvgIpc) is 2.85. The number of fused-ring (bicyclic) bond motifs is 1. The van der Waals surface area contributed by atoms with Gasteiger partial charge in [-0.1, -0.05) is 17.7 Å². The van der Waals surface area contributed by atoms with E-state index in [1.54, 1.807) is 41.3 Å². The van der Waals surface area contributed by atoms with E-state index < -0.39 is 0 Å². The van der Waals surface area contributed by atoms with Crippen molar-refractivity contribution >= 4 is 29.3 Å². The fourth-order valence-electron chi connectivity index (χ4n) is 4.25. The lowest BCUT2D eigenvalue weighted by Gasteiger charge is -2.32.